The van der Waals surface area contributed by atoms with Gasteiger partial charge in [-0.2, -0.15) is 0 Å². The van der Waals surface area contributed by atoms with Crippen LogP contribution in [-0.2, 0) is 6.54 Å². The number of nitrogens with two attached hydrogens (primary N) is 1. The summed E-state index contributed by atoms with van der Waals surface area (Å²) in [7, 11) is 2.11. The molecule has 0 aliphatic rings. The van der Waals surface area contributed by atoms with E-state index >= 15 is 0 Å². The topological polar surface area (TPSA) is 61.8 Å². The highest BCUT2D eigenvalue weighted by atomic mass is 16.4. The lowest BCUT2D eigenvalue weighted by molar-refractivity contribution is 0.312. The van der Waals surface area contributed by atoms with Crippen molar-refractivity contribution in [1.82, 2.24) is 4.90 Å². The first-order chi connectivity index (χ1) is 8.22. The minimum atomic E-state index is 0.315. The van der Waals surface area contributed by atoms with Crippen molar-refractivity contribution in [3.63, 3.8) is 0 Å². The zero-order chi connectivity index (χ0) is 12.5. The average Bonchev–Trinajstić information content (AvgIpc) is 2.35. The molecule has 0 unspecified atom stereocenters. The molecule has 4 heteroatoms. The lowest BCUT2D eigenvalue weighted by Crippen LogP contribution is -2.19. The largest absolute Gasteiger partial charge is 0.409 e. The van der Waals surface area contributed by atoms with Crippen molar-refractivity contribution in [3.8, 4) is 0 Å². The lowest BCUT2D eigenvalue weighted by Gasteiger charge is -2.16. The Balaban J connectivity index is 2.16. The van der Waals surface area contributed by atoms with Gasteiger partial charge >= 0.3 is 0 Å². The molecular formula is C13H21N3O. The predicted octanol–water partition coefficient (Wildman–Crippen LogP) is 2.04. The molecule has 0 amide bonds. The third-order valence-corrected chi connectivity index (χ3v) is 2.65. The first kappa shape index (κ1) is 13.5. The Hall–Kier alpha value is -1.55. The number of nitrogens with zero attached hydrogens (tertiary/aromatic N) is 2. The van der Waals surface area contributed by atoms with Crippen LogP contribution in [0.25, 0.3) is 0 Å². The maximum Gasteiger partial charge on any atom is 0.139 e. The first-order valence-corrected chi connectivity index (χ1v) is 5.91. The SMILES string of the molecule is CN(CCCCC(N)=NO)Cc1ccccc1. The summed E-state index contributed by atoms with van der Waals surface area (Å²) in [5, 5.41) is 11.3. The fourth-order valence-electron chi connectivity index (χ4n) is 1.71. The summed E-state index contributed by atoms with van der Waals surface area (Å²) in [6.07, 6.45) is 2.67. The van der Waals surface area contributed by atoms with E-state index in [2.05, 4.69) is 41.4 Å². The van der Waals surface area contributed by atoms with Crippen molar-refractivity contribution >= 4 is 5.84 Å². The summed E-state index contributed by atoms with van der Waals surface area (Å²) in [5.41, 5.74) is 6.73. The molecular weight excluding hydrogens is 214 g/mol. The molecule has 0 aliphatic carbocycles. The van der Waals surface area contributed by atoms with Crippen LogP contribution in [0, 0.1) is 0 Å². The Morgan fingerprint density at radius 3 is 2.65 bits per heavy atom. The highest BCUT2D eigenvalue weighted by Crippen LogP contribution is 2.04. The number of benzene rings is 1. The number of amidine groups is 1. The summed E-state index contributed by atoms with van der Waals surface area (Å²) in [4.78, 5) is 2.28. The number of unbranched alkanes of at least 4 members (excludes halogenated alkanes) is 1. The second kappa shape index (κ2) is 7.68. The fourth-order valence-corrected chi connectivity index (χ4v) is 1.71. The fraction of sp³-hybridized carbons (Fsp3) is 0.462. The number of hydrogen-bond acceptors (Lipinski definition) is 3. The Morgan fingerprint density at radius 2 is 2.00 bits per heavy atom. The molecule has 0 fully saturated rings. The molecule has 0 bridgehead atoms. The van der Waals surface area contributed by atoms with Crippen LogP contribution < -0.4 is 5.73 Å². The van der Waals surface area contributed by atoms with Crippen LogP contribution in [0.4, 0.5) is 0 Å². The monoisotopic (exact) mass is 235 g/mol. The van der Waals surface area contributed by atoms with Crippen LogP contribution in [0.5, 0.6) is 0 Å². The van der Waals surface area contributed by atoms with Crippen LogP contribution in [0.1, 0.15) is 24.8 Å². The third-order valence-electron chi connectivity index (χ3n) is 2.65. The average molecular weight is 235 g/mol. The summed E-state index contributed by atoms with van der Waals surface area (Å²) in [5.74, 6) is 0.315. The van der Waals surface area contributed by atoms with Gasteiger partial charge in [-0.05, 0) is 32.0 Å². The van der Waals surface area contributed by atoms with Crippen molar-refractivity contribution in [2.24, 2.45) is 10.9 Å². The maximum atomic E-state index is 8.39. The van der Waals surface area contributed by atoms with Gasteiger partial charge in [0, 0.05) is 13.0 Å². The van der Waals surface area contributed by atoms with E-state index in [0.717, 1.165) is 25.9 Å². The van der Waals surface area contributed by atoms with Crippen LogP contribution in [-0.4, -0.2) is 29.5 Å². The van der Waals surface area contributed by atoms with Crippen molar-refractivity contribution in [3.05, 3.63) is 35.9 Å². The van der Waals surface area contributed by atoms with Crippen molar-refractivity contribution in [2.45, 2.75) is 25.8 Å². The van der Waals surface area contributed by atoms with Gasteiger partial charge in [-0.15, -0.1) is 0 Å². The van der Waals surface area contributed by atoms with Gasteiger partial charge in [0.1, 0.15) is 5.84 Å². The second-order valence-corrected chi connectivity index (χ2v) is 4.27. The Morgan fingerprint density at radius 1 is 1.29 bits per heavy atom. The van der Waals surface area contributed by atoms with E-state index in [1.165, 1.54) is 5.56 Å². The number of oxime groups is 1. The lowest BCUT2D eigenvalue weighted by atomic mass is 10.2. The van der Waals surface area contributed by atoms with Crippen LogP contribution in [0.3, 0.4) is 0 Å². The predicted molar refractivity (Wildman–Crippen MR) is 70.0 cm³/mol. The highest BCUT2D eigenvalue weighted by molar-refractivity contribution is 5.79. The molecule has 0 aliphatic heterocycles. The molecule has 0 atom stereocenters. The zero-order valence-electron chi connectivity index (χ0n) is 10.3. The maximum absolute atomic E-state index is 8.39. The molecule has 0 saturated carbocycles. The molecule has 0 saturated heterocycles. The van der Waals surface area contributed by atoms with Gasteiger partial charge in [0.15, 0.2) is 0 Å². The molecule has 1 rings (SSSR count). The molecule has 0 heterocycles. The van der Waals surface area contributed by atoms with Crippen LogP contribution in [0.2, 0.25) is 0 Å². The zero-order valence-corrected chi connectivity index (χ0v) is 10.3. The normalized spacial score (nSPS) is 12.0. The smallest absolute Gasteiger partial charge is 0.139 e. The Labute approximate surface area is 103 Å². The van der Waals surface area contributed by atoms with Gasteiger partial charge in [-0.25, -0.2) is 0 Å². The summed E-state index contributed by atoms with van der Waals surface area (Å²) >= 11 is 0. The van der Waals surface area contributed by atoms with E-state index in [4.69, 9.17) is 10.9 Å². The summed E-state index contributed by atoms with van der Waals surface area (Å²) in [6, 6.07) is 10.4. The van der Waals surface area contributed by atoms with E-state index in [9.17, 15) is 0 Å². The quantitative estimate of drug-likeness (QED) is 0.250. The van der Waals surface area contributed by atoms with E-state index in [-0.39, 0.29) is 0 Å². The van der Waals surface area contributed by atoms with E-state index < -0.39 is 0 Å². The standard InChI is InChI=1S/C13H21N3O/c1-16(10-6-5-9-13(14)15-17)11-12-7-3-2-4-8-12/h2-4,7-8,17H,5-6,9-11H2,1H3,(H2,14,15). The van der Waals surface area contributed by atoms with Crippen molar-refractivity contribution in [2.75, 3.05) is 13.6 Å². The van der Waals surface area contributed by atoms with Crippen LogP contribution in [0.15, 0.2) is 35.5 Å². The van der Waals surface area contributed by atoms with Crippen molar-refractivity contribution in [1.29, 1.82) is 0 Å². The Kier molecular flexibility index (Phi) is 6.10. The molecule has 0 radical (unpaired) electrons. The van der Waals surface area contributed by atoms with Gasteiger partial charge in [0.2, 0.25) is 0 Å². The third kappa shape index (κ3) is 5.92. The molecule has 1 aromatic rings. The van der Waals surface area contributed by atoms with E-state index in [0.29, 0.717) is 12.3 Å². The number of hydrogen-bond donors (Lipinski definition) is 2. The number of rotatable bonds is 7. The minimum absolute atomic E-state index is 0.315. The van der Waals surface area contributed by atoms with E-state index in [1.54, 1.807) is 0 Å². The van der Waals surface area contributed by atoms with E-state index in [1.807, 2.05) is 6.07 Å². The molecule has 0 aromatic heterocycles. The first-order valence-electron chi connectivity index (χ1n) is 5.91. The summed E-state index contributed by atoms with van der Waals surface area (Å²) in [6.45, 7) is 1.98. The molecule has 4 nitrogen and oxygen atoms in total. The molecule has 3 N–H and O–H groups in total. The van der Waals surface area contributed by atoms with Crippen molar-refractivity contribution < 1.29 is 5.21 Å². The van der Waals surface area contributed by atoms with Gasteiger partial charge in [0.05, 0.1) is 0 Å². The van der Waals surface area contributed by atoms with Gasteiger partial charge < -0.3 is 15.8 Å². The molecule has 94 valence electrons. The molecule has 17 heavy (non-hydrogen) atoms. The van der Waals surface area contributed by atoms with Crippen LogP contribution >= 0.6 is 0 Å². The summed E-state index contributed by atoms with van der Waals surface area (Å²) < 4.78 is 0. The highest BCUT2D eigenvalue weighted by Gasteiger charge is 2.00. The van der Waals surface area contributed by atoms with Gasteiger partial charge in [0.25, 0.3) is 0 Å². The molecule has 1 aromatic carbocycles. The molecule has 0 spiro atoms. The second-order valence-electron chi connectivity index (χ2n) is 4.27. The van der Waals surface area contributed by atoms with Gasteiger partial charge in [-0.3, -0.25) is 0 Å². The minimum Gasteiger partial charge on any atom is -0.409 e. The van der Waals surface area contributed by atoms with Gasteiger partial charge in [-0.1, -0.05) is 35.5 Å². The Bertz CT molecular complexity index is 338.